The molecule has 2 amide bonds. The number of carbonyl (C=O) groups is 1. The molecule has 0 radical (unpaired) electrons. The number of anilines is 3. The number of aromatic nitrogens is 2. The standard InChI is InChI=1S/C24H19F4N5O/c25-18-7-6-15(24(26,27)28)11-20(18)32-23(34)31-19-4-1-5-21-17(19)8-10-33(21)13-14-12-30-22-16(14)3-2-9-29-22/h1-7,9,11-12H,8,10,13H2,(H,29,30)(H2,31,32,34)/i13D2. The lowest BCUT2D eigenvalue weighted by molar-refractivity contribution is -0.137. The number of aromatic amines is 1. The monoisotopic (exact) mass is 471 g/mol. The number of benzene rings is 2. The van der Waals surface area contributed by atoms with E-state index in [1.165, 1.54) is 0 Å². The summed E-state index contributed by atoms with van der Waals surface area (Å²) in [5.41, 5.74) is 0.821. The van der Waals surface area contributed by atoms with Crippen LogP contribution in [0.1, 0.15) is 19.4 Å². The van der Waals surface area contributed by atoms with Crippen molar-refractivity contribution in [3.63, 3.8) is 0 Å². The smallest absolute Gasteiger partial charge is 0.367 e. The second-order valence-corrected chi connectivity index (χ2v) is 7.69. The number of rotatable bonds is 4. The molecule has 0 unspecified atom stereocenters. The first-order chi connectivity index (χ1) is 17.1. The van der Waals surface area contributed by atoms with Gasteiger partial charge in [-0.15, -0.1) is 0 Å². The summed E-state index contributed by atoms with van der Waals surface area (Å²) in [7, 11) is 0. The molecule has 3 N–H and O–H groups in total. The highest BCUT2D eigenvalue weighted by Gasteiger charge is 2.31. The van der Waals surface area contributed by atoms with Crippen molar-refractivity contribution in [2.24, 2.45) is 0 Å². The number of alkyl halides is 3. The van der Waals surface area contributed by atoms with Crippen molar-refractivity contribution >= 4 is 34.1 Å². The predicted octanol–water partition coefficient (Wildman–Crippen LogP) is 5.93. The number of fused-ring (bicyclic) bond motifs is 2. The van der Waals surface area contributed by atoms with Crippen LogP contribution < -0.4 is 15.5 Å². The van der Waals surface area contributed by atoms with Crippen molar-refractivity contribution in [1.82, 2.24) is 9.97 Å². The second-order valence-electron chi connectivity index (χ2n) is 7.69. The Labute approximate surface area is 194 Å². The van der Waals surface area contributed by atoms with Gasteiger partial charge in [0.15, 0.2) is 0 Å². The average Bonchev–Trinajstić information content (AvgIpc) is 3.45. The Morgan fingerprint density at radius 1 is 1.15 bits per heavy atom. The molecule has 0 fully saturated rings. The van der Waals surface area contributed by atoms with Crippen LogP contribution in [0.2, 0.25) is 0 Å². The Kier molecular flexibility index (Phi) is 4.77. The molecular formula is C24H19F4N5O. The molecule has 0 aliphatic carbocycles. The maximum atomic E-state index is 14.0. The van der Waals surface area contributed by atoms with E-state index in [1.54, 1.807) is 47.6 Å². The number of nitrogens with one attached hydrogen (secondary N) is 3. The summed E-state index contributed by atoms with van der Waals surface area (Å²) in [6.45, 7) is -1.59. The van der Waals surface area contributed by atoms with Crippen molar-refractivity contribution in [3.8, 4) is 0 Å². The van der Waals surface area contributed by atoms with E-state index in [-0.39, 0.29) is 0 Å². The summed E-state index contributed by atoms with van der Waals surface area (Å²) < 4.78 is 70.7. The number of pyridine rings is 1. The summed E-state index contributed by atoms with van der Waals surface area (Å²) in [5, 5.41) is 5.32. The molecule has 0 saturated carbocycles. The topological polar surface area (TPSA) is 73.0 Å². The molecular weight excluding hydrogens is 450 g/mol. The first-order valence-electron chi connectivity index (χ1n) is 11.3. The fourth-order valence-electron chi connectivity index (χ4n) is 3.93. The molecule has 5 rings (SSSR count). The summed E-state index contributed by atoms with van der Waals surface area (Å²) in [6.07, 6.45) is -1.10. The van der Waals surface area contributed by atoms with Crippen LogP contribution in [-0.4, -0.2) is 22.5 Å². The molecule has 1 aliphatic heterocycles. The van der Waals surface area contributed by atoms with Gasteiger partial charge in [0.25, 0.3) is 0 Å². The first-order valence-corrected chi connectivity index (χ1v) is 10.3. The normalized spacial score (nSPS) is 14.5. The van der Waals surface area contributed by atoms with Gasteiger partial charge in [-0.05, 0) is 54.4 Å². The Balaban J connectivity index is 1.39. The highest BCUT2D eigenvalue weighted by Crippen LogP contribution is 2.36. The third kappa shape index (κ3) is 4.14. The van der Waals surface area contributed by atoms with Crippen LogP contribution in [0.3, 0.4) is 0 Å². The third-order valence-electron chi connectivity index (χ3n) is 5.52. The molecule has 174 valence electrons. The number of hydrogen-bond acceptors (Lipinski definition) is 3. The Morgan fingerprint density at radius 2 is 1.97 bits per heavy atom. The average molecular weight is 471 g/mol. The molecule has 0 atom stereocenters. The van der Waals surface area contributed by atoms with E-state index in [4.69, 9.17) is 2.74 Å². The van der Waals surface area contributed by atoms with Gasteiger partial charge in [-0.2, -0.15) is 13.2 Å². The molecule has 2 aromatic carbocycles. The van der Waals surface area contributed by atoms with Crippen molar-refractivity contribution in [1.29, 1.82) is 0 Å². The second kappa shape index (κ2) is 8.36. The minimum absolute atomic E-state index is 0.317. The van der Waals surface area contributed by atoms with E-state index in [9.17, 15) is 22.4 Å². The van der Waals surface area contributed by atoms with Crippen LogP contribution in [0, 0.1) is 5.82 Å². The lowest BCUT2D eigenvalue weighted by Gasteiger charge is -2.19. The zero-order valence-corrected chi connectivity index (χ0v) is 17.5. The quantitative estimate of drug-likeness (QED) is 0.323. The molecule has 0 bridgehead atoms. The largest absolute Gasteiger partial charge is 0.416 e. The van der Waals surface area contributed by atoms with Gasteiger partial charge in [0.1, 0.15) is 11.5 Å². The van der Waals surface area contributed by atoms with Gasteiger partial charge >= 0.3 is 12.2 Å². The molecule has 2 aromatic heterocycles. The van der Waals surface area contributed by atoms with Gasteiger partial charge in [0.2, 0.25) is 0 Å². The summed E-state index contributed by atoms with van der Waals surface area (Å²) in [6, 6.07) is 9.28. The number of urea groups is 1. The predicted molar refractivity (Wildman–Crippen MR) is 121 cm³/mol. The van der Waals surface area contributed by atoms with Crippen LogP contribution in [0.4, 0.5) is 39.4 Å². The molecule has 6 nitrogen and oxygen atoms in total. The van der Waals surface area contributed by atoms with Gasteiger partial charge < -0.3 is 20.5 Å². The first kappa shape index (κ1) is 19.4. The van der Waals surface area contributed by atoms with Gasteiger partial charge in [-0.25, -0.2) is 14.2 Å². The van der Waals surface area contributed by atoms with Crippen LogP contribution in [-0.2, 0) is 19.1 Å². The number of halogens is 4. The van der Waals surface area contributed by atoms with Crippen molar-refractivity contribution < 1.29 is 25.1 Å². The van der Waals surface area contributed by atoms with Crippen LogP contribution in [0.5, 0.6) is 0 Å². The molecule has 1 aliphatic rings. The fraction of sp³-hybridized carbons (Fsp3) is 0.167. The van der Waals surface area contributed by atoms with Crippen LogP contribution in [0.25, 0.3) is 11.0 Å². The molecule has 3 heterocycles. The number of H-pyrrole nitrogens is 1. The Morgan fingerprint density at radius 3 is 2.79 bits per heavy atom. The number of hydrogen-bond donors (Lipinski definition) is 3. The number of carbonyl (C=O) groups excluding carboxylic acids is 1. The van der Waals surface area contributed by atoms with Gasteiger partial charge in [-0.1, -0.05) is 6.07 Å². The Hall–Kier alpha value is -4.08. The van der Waals surface area contributed by atoms with Crippen molar-refractivity contribution in [2.75, 3.05) is 22.1 Å². The SMILES string of the molecule is [2H]C([2H])(c1c[nH]c2ncccc12)N1CCc2c(NC(=O)Nc3cc(C(F)(F)F)ccc3F)cccc21. The third-order valence-corrected chi connectivity index (χ3v) is 5.52. The minimum atomic E-state index is -4.69. The van der Waals surface area contributed by atoms with E-state index < -0.39 is 35.8 Å². The zero-order valence-electron chi connectivity index (χ0n) is 19.5. The van der Waals surface area contributed by atoms with E-state index in [2.05, 4.69) is 20.6 Å². The van der Waals surface area contributed by atoms with Gasteiger partial charge in [-0.3, -0.25) is 0 Å². The van der Waals surface area contributed by atoms with E-state index >= 15 is 0 Å². The van der Waals surface area contributed by atoms with Crippen LogP contribution >= 0.6 is 0 Å². The highest BCUT2D eigenvalue weighted by atomic mass is 19.4. The van der Waals surface area contributed by atoms with Gasteiger partial charge in [0, 0.05) is 47.8 Å². The zero-order chi connectivity index (χ0) is 25.7. The minimum Gasteiger partial charge on any atom is -0.367 e. The van der Waals surface area contributed by atoms with Crippen LogP contribution in [0.15, 0.2) is 60.9 Å². The van der Waals surface area contributed by atoms with E-state index in [1.807, 2.05) is 0 Å². The molecule has 10 heteroatoms. The van der Waals surface area contributed by atoms with E-state index in [0.29, 0.717) is 64.7 Å². The molecule has 34 heavy (non-hydrogen) atoms. The van der Waals surface area contributed by atoms with E-state index in [0.717, 1.165) is 0 Å². The summed E-state index contributed by atoms with van der Waals surface area (Å²) in [5.74, 6) is -1.01. The van der Waals surface area contributed by atoms with Crippen molar-refractivity contribution in [2.45, 2.75) is 19.1 Å². The molecule has 4 aromatic rings. The number of amides is 2. The lowest BCUT2D eigenvalue weighted by Crippen LogP contribution is -2.21. The number of nitrogens with zero attached hydrogens (tertiary/aromatic N) is 2. The Bertz CT molecular complexity index is 1470. The van der Waals surface area contributed by atoms with Crippen molar-refractivity contribution in [3.05, 3.63) is 83.4 Å². The fourth-order valence-corrected chi connectivity index (χ4v) is 3.93. The maximum absolute atomic E-state index is 14.0. The lowest BCUT2D eigenvalue weighted by atomic mass is 10.1. The molecule has 0 spiro atoms. The maximum Gasteiger partial charge on any atom is 0.416 e. The molecule has 0 saturated heterocycles. The summed E-state index contributed by atoms with van der Waals surface area (Å²) in [4.78, 5) is 21.3. The van der Waals surface area contributed by atoms with Gasteiger partial charge in [0.05, 0.1) is 14.0 Å². The summed E-state index contributed by atoms with van der Waals surface area (Å²) >= 11 is 0. The highest BCUT2D eigenvalue weighted by molar-refractivity contribution is 6.01.